The summed E-state index contributed by atoms with van der Waals surface area (Å²) >= 11 is 0. The van der Waals surface area contributed by atoms with Crippen molar-refractivity contribution in [3.8, 4) is 0 Å². The maximum atomic E-state index is 13.3. The first-order valence-electron chi connectivity index (χ1n) is 8.79. The average Bonchev–Trinajstić information content (AvgIpc) is 3.05. The molecule has 27 heavy (non-hydrogen) atoms. The van der Waals surface area contributed by atoms with E-state index in [1.165, 1.54) is 11.6 Å². The maximum Gasteiger partial charge on any atom is 0.252 e. The van der Waals surface area contributed by atoms with E-state index in [2.05, 4.69) is 22.3 Å². The molecule has 1 amide bonds. The van der Waals surface area contributed by atoms with Gasteiger partial charge in [-0.05, 0) is 55.9 Å². The minimum absolute atomic E-state index is 0.393. The van der Waals surface area contributed by atoms with E-state index in [-0.39, 0.29) is 0 Å². The molecule has 0 unspecified atom stereocenters. The molecule has 0 aliphatic rings. The fourth-order valence-corrected chi connectivity index (χ4v) is 3.06. The average molecular weight is 369 g/mol. The minimum atomic E-state index is -0.886. The van der Waals surface area contributed by atoms with Gasteiger partial charge in [-0.1, -0.05) is 35.9 Å². The van der Waals surface area contributed by atoms with Gasteiger partial charge in [0.2, 0.25) is 0 Å². The molecular weight excluding hydrogens is 348 g/mol. The van der Waals surface area contributed by atoms with Crippen molar-refractivity contribution in [2.24, 2.45) is 5.73 Å². The number of hydrogen-bond donors (Lipinski definition) is 2. The van der Waals surface area contributed by atoms with Gasteiger partial charge in [-0.3, -0.25) is 9.89 Å². The van der Waals surface area contributed by atoms with E-state index in [1.54, 1.807) is 0 Å². The molecule has 0 saturated heterocycles. The molecule has 0 aliphatic heterocycles. The summed E-state index contributed by atoms with van der Waals surface area (Å²) in [4.78, 5) is 11.9. The summed E-state index contributed by atoms with van der Waals surface area (Å²) in [5.74, 6) is -2.30. The molecule has 0 spiro atoms. The van der Waals surface area contributed by atoms with Gasteiger partial charge in [0.1, 0.15) is 0 Å². The van der Waals surface area contributed by atoms with Crippen molar-refractivity contribution < 1.29 is 13.6 Å². The molecule has 0 aliphatic carbocycles. The largest absolute Gasteiger partial charge is 0.365 e. The highest BCUT2D eigenvalue weighted by Crippen LogP contribution is 2.17. The zero-order chi connectivity index (χ0) is 19.4. The highest BCUT2D eigenvalue weighted by molar-refractivity contribution is 5.95. The van der Waals surface area contributed by atoms with Gasteiger partial charge in [0, 0.05) is 5.69 Å². The van der Waals surface area contributed by atoms with Gasteiger partial charge in [0.05, 0.1) is 11.3 Å². The third kappa shape index (κ3) is 4.58. The molecule has 3 rings (SSSR count). The second-order valence-corrected chi connectivity index (χ2v) is 6.62. The number of aromatic nitrogens is 2. The highest BCUT2D eigenvalue weighted by Gasteiger charge is 2.18. The SMILES string of the molecule is Cc1ccc(CCc2[nH]nc(CCc3ccc(F)c(F)c3)c2C(N)=O)cc1. The van der Waals surface area contributed by atoms with Crippen LogP contribution in [0.1, 0.15) is 38.4 Å². The van der Waals surface area contributed by atoms with Crippen molar-refractivity contribution in [1.29, 1.82) is 0 Å². The van der Waals surface area contributed by atoms with Crippen LogP contribution in [0.3, 0.4) is 0 Å². The number of aryl methyl sites for hydroxylation is 5. The Kier molecular flexibility index (Phi) is 5.64. The molecule has 1 aromatic heterocycles. The van der Waals surface area contributed by atoms with Crippen LogP contribution in [0, 0.1) is 18.6 Å². The number of benzene rings is 2. The fraction of sp³-hybridized carbons (Fsp3) is 0.238. The zero-order valence-corrected chi connectivity index (χ0v) is 15.1. The molecule has 0 saturated carbocycles. The zero-order valence-electron chi connectivity index (χ0n) is 15.1. The summed E-state index contributed by atoms with van der Waals surface area (Å²) in [5, 5.41) is 7.13. The summed E-state index contributed by atoms with van der Waals surface area (Å²) in [6.07, 6.45) is 2.20. The predicted molar refractivity (Wildman–Crippen MR) is 99.5 cm³/mol. The molecule has 0 radical (unpaired) electrons. The number of H-pyrrole nitrogens is 1. The number of carbonyl (C=O) groups is 1. The summed E-state index contributed by atoms with van der Waals surface area (Å²) in [6.45, 7) is 2.03. The van der Waals surface area contributed by atoms with E-state index in [9.17, 15) is 13.6 Å². The second-order valence-electron chi connectivity index (χ2n) is 6.62. The van der Waals surface area contributed by atoms with Gasteiger partial charge in [0.15, 0.2) is 11.6 Å². The van der Waals surface area contributed by atoms with Gasteiger partial charge in [-0.2, -0.15) is 5.10 Å². The molecule has 140 valence electrons. The number of hydrogen-bond acceptors (Lipinski definition) is 2. The Balaban J connectivity index is 1.71. The van der Waals surface area contributed by atoms with E-state index in [4.69, 9.17) is 5.73 Å². The predicted octanol–water partition coefficient (Wildman–Crippen LogP) is 3.67. The van der Waals surface area contributed by atoms with Crippen LogP contribution < -0.4 is 5.73 Å². The van der Waals surface area contributed by atoms with E-state index in [0.29, 0.717) is 41.8 Å². The lowest BCUT2D eigenvalue weighted by Crippen LogP contribution is -2.15. The lowest BCUT2D eigenvalue weighted by molar-refractivity contribution is 0.0998. The number of halogens is 2. The van der Waals surface area contributed by atoms with Crippen molar-refractivity contribution in [2.75, 3.05) is 0 Å². The first-order chi connectivity index (χ1) is 12.9. The molecule has 4 nitrogen and oxygen atoms in total. The molecule has 0 fully saturated rings. The van der Waals surface area contributed by atoms with E-state index < -0.39 is 17.5 Å². The Morgan fingerprint density at radius 2 is 1.63 bits per heavy atom. The number of rotatable bonds is 7. The van der Waals surface area contributed by atoms with Crippen molar-refractivity contribution in [1.82, 2.24) is 10.2 Å². The van der Waals surface area contributed by atoms with Crippen molar-refractivity contribution in [2.45, 2.75) is 32.6 Å². The normalized spacial score (nSPS) is 10.9. The van der Waals surface area contributed by atoms with E-state index in [1.807, 2.05) is 19.1 Å². The van der Waals surface area contributed by atoms with Crippen molar-refractivity contribution in [3.05, 3.63) is 87.7 Å². The van der Waals surface area contributed by atoms with Crippen LogP contribution in [-0.4, -0.2) is 16.1 Å². The minimum Gasteiger partial charge on any atom is -0.365 e. The van der Waals surface area contributed by atoms with Crippen LogP contribution >= 0.6 is 0 Å². The smallest absolute Gasteiger partial charge is 0.252 e. The lowest BCUT2D eigenvalue weighted by atomic mass is 10.0. The molecule has 1 heterocycles. The van der Waals surface area contributed by atoms with E-state index in [0.717, 1.165) is 24.1 Å². The number of nitrogens with zero attached hydrogens (tertiary/aromatic N) is 1. The number of nitrogens with one attached hydrogen (secondary N) is 1. The Labute approximate surface area is 156 Å². The van der Waals surface area contributed by atoms with Crippen molar-refractivity contribution in [3.63, 3.8) is 0 Å². The molecule has 3 N–H and O–H groups in total. The first-order valence-corrected chi connectivity index (χ1v) is 8.79. The first kappa shape index (κ1) is 18.8. The van der Waals surface area contributed by atoms with Crippen molar-refractivity contribution >= 4 is 5.91 Å². The third-order valence-corrected chi connectivity index (χ3v) is 4.58. The summed E-state index contributed by atoms with van der Waals surface area (Å²) < 4.78 is 26.4. The summed E-state index contributed by atoms with van der Waals surface area (Å²) in [6, 6.07) is 12.0. The van der Waals surface area contributed by atoms with Gasteiger partial charge in [-0.25, -0.2) is 8.78 Å². The molecule has 2 aromatic carbocycles. The summed E-state index contributed by atoms with van der Waals surface area (Å²) in [7, 11) is 0. The van der Waals surface area contributed by atoms with Gasteiger partial charge < -0.3 is 5.73 Å². The molecule has 0 bridgehead atoms. The summed E-state index contributed by atoms with van der Waals surface area (Å²) in [5.41, 5.74) is 10.2. The second kappa shape index (κ2) is 8.12. The Bertz CT molecular complexity index is 949. The third-order valence-electron chi connectivity index (χ3n) is 4.58. The van der Waals surface area contributed by atoms with Crippen LogP contribution in [0.2, 0.25) is 0 Å². The number of nitrogens with two attached hydrogens (primary N) is 1. The van der Waals surface area contributed by atoms with E-state index >= 15 is 0 Å². The highest BCUT2D eigenvalue weighted by atomic mass is 19.2. The molecular formula is C21H21F2N3O. The molecule has 0 atom stereocenters. The number of amides is 1. The Morgan fingerprint density at radius 3 is 2.30 bits per heavy atom. The standard InChI is InChI=1S/C21H21F2N3O/c1-13-2-4-14(5-3-13)7-10-18-20(21(24)27)19(26-25-18)11-8-15-6-9-16(22)17(23)12-15/h2-6,9,12H,7-8,10-11H2,1H3,(H2,24,27)(H,25,26). The van der Waals surface area contributed by atoms with Crippen LogP contribution in [0.25, 0.3) is 0 Å². The Morgan fingerprint density at radius 1 is 0.963 bits per heavy atom. The number of aromatic amines is 1. The molecule has 3 aromatic rings. The van der Waals surface area contributed by atoms with Gasteiger partial charge in [0.25, 0.3) is 5.91 Å². The van der Waals surface area contributed by atoms with Crippen LogP contribution in [0.5, 0.6) is 0 Å². The van der Waals surface area contributed by atoms with Crippen LogP contribution in [-0.2, 0) is 25.7 Å². The quantitative estimate of drug-likeness (QED) is 0.667. The van der Waals surface area contributed by atoms with Gasteiger partial charge in [-0.15, -0.1) is 0 Å². The molecule has 6 heteroatoms. The van der Waals surface area contributed by atoms with Gasteiger partial charge >= 0.3 is 0 Å². The Hall–Kier alpha value is -3.02. The van der Waals surface area contributed by atoms with Crippen LogP contribution in [0.15, 0.2) is 42.5 Å². The monoisotopic (exact) mass is 369 g/mol. The van der Waals surface area contributed by atoms with Crippen LogP contribution in [0.4, 0.5) is 8.78 Å². The lowest BCUT2D eigenvalue weighted by Gasteiger charge is -2.05. The topological polar surface area (TPSA) is 71.8 Å². The number of primary amides is 1. The number of carbonyl (C=O) groups excluding carboxylic acids is 1. The maximum absolute atomic E-state index is 13.3. The fourth-order valence-electron chi connectivity index (χ4n) is 3.06.